The van der Waals surface area contributed by atoms with Gasteiger partial charge in [-0.15, -0.1) is 0 Å². The van der Waals surface area contributed by atoms with Crippen LogP contribution in [0, 0.1) is 6.92 Å². The molecule has 0 fully saturated rings. The van der Waals surface area contributed by atoms with Crippen molar-refractivity contribution in [3.63, 3.8) is 0 Å². The third-order valence-electron chi connectivity index (χ3n) is 5.69. The van der Waals surface area contributed by atoms with E-state index < -0.39 is 0 Å². The van der Waals surface area contributed by atoms with Crippen LogP contribution in [0.5, 0.6) is 11.5 Å². The SMILES string of the molecule is COc1cc(OC)c(Cl)c(-c2cc3cnc(Nc4c(C)cccc4NC=O)cc3c(=O)n2C)c1Cl. The molecule has 180 valence electrons. The molecule has 2 heterocycles. The van der Waals surface area contributed by atoms with Crippen molar-refractivity contribution in [2.75, 3.05) is 24.9 Å². The molecule has 0 aliphatic heterocycles. The Bertz CT molecular complexity index is 1490. The van der Waals surface area contributed by atoms with Crippen molar-refractivity contribution in [3.05, 3.63) is 68.6 Å². The fourth-order valence-electron chi connectivity index (χ4n) is 3.86. The van der Waals surface area contributed by atoms with E-state index in [0.717, 1.165) is 5.56 Å². The molecule has 2 N–H and O–H groups in total. The average Bonchev–Trinajstić information content (AvgIpc) is 2.85. The molecule has 10 heteroatoms. The van der Waals surface area contributed by atoms with Crippen molar-refractivity contribution in [3.8, 4) is 22.8 Å². The molecule has 4 aromatic rings. The number of carbonyl (C=O) groups is 1. The molecule has 2 aromatic carbocycles. The van der Waals surface area contributed by atoms with Gasteiger partial charge in [-0.3, -0.25) is 9.59 Å². The first-order chi connectivity index (χ1) is 16.8. The van der Waals surface area contributed by atoms with Gasteiger partial charge < -0.3 is 24.7 Å². The largest absolute Gasteiger partial charge is 0.495 e. The van der Waals surface area contributed by atoms with Crippen molar-refractivity contribution in [1.82, 2.24) is 9.55 Å². The van der Waals surface area contributed by atoms with E-state index in [1.165, 1.54) is 18.8 Å². The number of hydrogen-bond acceptors (Lipinski definition) is 6. The molecular weight excluding hydrogens is 491 g/mol. The lowest BCUT2D eigenvalue weighted by Gasteiger charge is -2.18. The lowest BCUT2D eigenvalue weighted by atomic mass is 10.1. The Kier molecular flexibility index (Phi) is 6.86. The number of rotatable bonds is 7. The van der Waals surface area contributed by atoms with Crippen LogP contribution in [0.1, 0.15) is 5.56 Å². The van der Waals surface area contributed by atoms with E-state index >= 15 is 0 Å². The molecule has 0 atom stereocenters. The number of halogens is 2. The van der Waals surface area contributed by atoms with Gasteiger partial charge in [0.1, 0.15) is 17.3 Å². The molecule has 35 heavy (non-hydrogen) atoms. The van der Waals surface area contributed by atoms with Crippen LogP contribution in [0.4, 0.5) is 17.2 Å². The molecule has 0 bridgehead atoms. The zero-order chi connectivity index (χ0) is 25.3. The monoisotopic (exact) mass is 512 g/mol. The third kappa shape index (κ3) is 4.38. The van der Waals surface area contributed by atoms with Gasteiger partial charge in [-0.1, -0.05) is 35.3 Å². The Morgan fingerprint density at radius 2 is 1.74 bits per heavy atom. The van der Waals surface area contributed by atoms with E-state index in [-0.39, 0.29) is 15.6 Å². The van der Waals surface area contributed by atoms with Gasteiger partial charge in [0.25, 0.3) is 5.56 Å². The Balaban J connectivity index is 1.87. The summed E-state index contributed by atoms with van der Waals surface area (Å²) in [4.78, 5) is 28.9. The van der Waals surface area contributed by atoms with Crippen molar-refractivity contribution in [1.29, 1.82) is 0 Å². The summed E-state index contributed by atoms with van der Waals surface area (Å²) >= 11 is 13.2. The van der Waals surface area contributed by atoms with Gasteiger partial charge in [-0.2, -0.15) is 0 Å². The molecule has 0 saturated carbocycles. The smallest absolute Gasteiger partial charge is 0.258 e. The third-order valence-corrected chi connectivity index (χ3v) is 6.44. The summed E-state index contributed by atoms with van der Waals surface area (Å²) in [6, 6.07) is 10.5. The van der Waals surface area contributed by atoms with Crippen molar-refractivity contribution in [2.24, 2.45) is 7.05 Å². The molecule has 0 aliphatic rings. The highest BCUT2D eigenvalue weighted by Gasteiger charge is 2.22. The van der Waals surface area contributed by atoms with E-state index in [1.807, 2.05) is 19.1 Å². The normalized spacial score (nSPS) is 10.8. The minimum atomic E-state index is -0.270. The van der Waals surface area contributed by atoms with Gasteiger partial charge >= 0.3 is 0 Å². The van der Waals surface area contributed by atoms with Gasteiger partial charge in [-0.25, -0.2) is 4.98 Å². The van der Waals surface area contributed by atoms with Crippen LogP contribution in [-0.2, 0) is 11.8 Å². The standard InChI is InChI=1S/C25H22Cl2N4O4/c1-13-6-5-7-16(29-12-32)24(13)30-20-9-15-14(11-28-20)8-17(31(2)25(15)33)21-22(26)18(34-3)10-19(35-4)23(21)27/h5-12H,1-4H3,(H,28,30)(H,29,32). The summed E-state index contributed by atoms with van der Waals surface area (Å²) in [5, 5.41) is 7.42. The fraction of sp³-hybridized carbons (Fsp3) is 0.160. The molecule has 0 unspecified atom stereocenters. The minimum Gasteiger partial charge on any atom is -0.495 e. The number of anilines is 3. The number of pyridine rings is 2. The summed E-state index contributed by atoms with van der Waals surface area (Å²) in [6.45, 7) is 1.90. The molecule has 0 aliphatic carbocycles. The van der Waals surface area contributed by atoms with Gasteiger partial charge in [0.2, 0.25) is 6.41 Å². The second kappa shape index (κ2) is 9.85. The molecule has 0 spiro atoms. The Morgan fingerprint density at radius 3 is 2.37 bits per heavy atom. The van der Waals surface area contributed by atoms with Crippen LogP contribution < -0.4 is 25.7 Å². The van der Waals surface area contributed by atoms with Gasteiger partial charge in [0, 0.05) is 30.3 Å². The van der Waals surface area contributed by atoms with Crippen LogP contribution >= 0.6 is 23.2 Å². The number of fused-ring (bicyclic) bond motifs is 1. The van der Waals surface area contributed by atoms with E-state index in [0.29, 0.717) is 57.1 Å². The second-order valence-corrected chi connectivity index (χ2v) is 8.48. The Morgan fingerprint density at radius 1 is 1.06 bits per heavy atom. The molecule has 8 nitrogen and oxygen atoms in total. The lowest BCUT2D eigenvalue weighted by molar-refractivity contribution is -0.105. The number of para-hydroxylation sites is 1. The summed E-state index contributed by atoms with van der Waals surface area (Å²) in [7, 11) is 4.61. The number of methoxy groups -OCH3 is 2. The van der Waals surface area contributed by atoms with Gasteiger partial charge in [-0.05, 0) is 30.7 Å². The first-order valence-electron chi connectivity index (χ1n) is 10.5. The van der Waals surface area contributed by atoms with Crippen LogP contribution in [-0.4, -0.2) is 30.2 Å². The zero-order valence-corrected chi connectivity index (χ0v) is 20.9. The summed E-state index contributed by atoms with van der Waals surface area (Å²) in [6.07, 6.45) is 2.20. The van der Waals surface area contributed by atoms with Gasteiger partial charge in [0.05, 0.1) is 46.7 Å². The maximum atomic E-state index is 13.4. The maximum Gasteiger partial charge on any atom is 0.258 e. The topological polar surface area (TPSA) is 94.5 Å². The van der Waals surface area contributed by atoms with Crippen LogP contribution in [0.2, 0.25) is 10.0 Å². The van der Waals surface area contributed by atoms with E-state index in [2.05, 4.69) is 15.6 Å². The number of nitrogens with one attached hydrogen (secondary N) is 2. The number of nitrogens with zero attached hydrogens (tertiary/aromatic N) is 2. The number of amides is 1. The van der Waals surface area contributed by atoms with Gasteiger partial charge in [0.15, 0.2) is 0 Å². The highest BCUT2D eigenvalue weighted by atomic mass is 35.5. The number of ether oxygens (including phenoxy) is 2. The number of aryl methyl sites for hydroxylation is 1. The molecule has 2 aromatic heterocycles. The predicted octanol–water partition coefficient (Wildman–Crippen LogP) is 5.54. The number of carbonyl (C=O) groups excluding carboxylic acids is 1. The van der Waals surface area contributed by atoms with Crippen molar-refractivity contribution in [2.45, 2.75) is 6.92 Å². The Hall–Kier alpha value is -3.75. The van der Waals surface area contributed by atoms with E-state index in [9.17, 15) is 9.59 Å². The lowest BCUT2D eigenvalue weighted by Crippen LogP contribution is -2.19. The molecule has 1 amide bonds. The maximum absolute atomic E-state index is 13.4. The van der Waals surface area contributed by atoms with E-state index in [4.69, 9.17) is 32.7 Å². The highest BCUT2D eigenvalue weighted by molar-refractivity contribution is 6.41. The van der Waals surface area contributed by atoms with Crippen molar-refractivity contribution >= 4 is 57.6 Å². The van der Waals surface area contributed by atoms with E-state index in [1.54, 1.807) is 37.5 Å². The first-order valence-corrected chi connectivity index (χ1v) is 11.2. The minimum absolute atomic E-state index is 0.258. The van der Waals surface area contributed by atoms with Crippen LogP contribution in [0.3, 0.4) is 0 Å². The molecule has 0 radical (unpaired) electrons. The Labute approximate surface area is 211 Å². The quantitative estimate of drug-likeness (QED) is 0.315. The predicted molar refractivity (Wildman–Crippen MR) is 140 cm³/mol. The van der Waals surface area contributed by atoms with Crippen LogP contribution in [0.25, 0.3) is 22.0 Å². The second-order valence-electron chi connectivity index (χ2n) is 7.72. The molecule has 0 saturated heterocycles. The summed E-state index contributed by atoms with van der Waals surface area (Å²) in [5.41, 5.74) is 2.81. The summed E-state index contributed by atoms with van der Waals surface area (Å²) < 4.78 is 12.2. The number of aromatic nitrogens is 2. The number of hydrogen-bond donors (Lipinski definition) is 2. The molecule has 4 rings (SSSR count). The highest BCUT2D eigenvalue weighted by Crippen LogP contribution is 2.46. The average molecular weight is 513 g/mol. The first kappa shape index (κ1) is 24.4. The van der Waals surface area contributed by atoms with Crippen LogP contribution in [0.15, 0.2) is 47.4 Å². The number of benzene rings is 2. The van der Waals surface area contributed by atoms with Crippen molar-refractivity contribution < 1.29 is 14.3 Å². The molecular formula is C25H22Cl2N4O4. The fourth-order valence-corrected chi connectivity index (χ4v) is 4.56. The summed E-state index contributed by atoms with van der Waals surface area (Å²) in [5.74, 6) is 1.18. The zero-order valence-electron chi connectivity index (χ0n) is 19.4.